The van der Waals surface area contributed by atoms with Gasteiger partial charge in [0.25, 0.3) is 11.1 Å². The zero-order valence-corrected chi connectivity index (χ0v) is 17.1. The minimum absolute atomic E-state index is 0.250. The monoisotopic (exact) mass is 403 g/mol. The van der Waals surface area contributed by atoms with E-state index in [1.54, 1.807) is 13.0 Å². The van der Waals surface area contributed by atoms with E-state index < -0.39 is 0 Å². The topological polar surface area (TPSA) is 54.5 Å². The third-order valence-corrected chi connectivity index (χ3v) is 5.23. The van der Waals surface area contributed by atoms with E-state index in [9.17, 15) is 14.4 Å². The van der Waals surface area contributed by atoms with Gasteiger partial charge in [-0.2, -0.15) is 0 Å². The maximum atomic E-state index is 12.6. The van der Waals surface area contributed by atoms with E-state index in [1.165, 1.54) is 4.90 Å². The van der Waals surface area contributed by atoms with Gasteiger partial charge in [0, 0.05) is 0 Å². The lowest BCUT2D eigenvalue weighted by Crippen LogP contribution is -2.27. The average Bonchev–Trinajstić information content (AvgIpc) is 2.97. The third-order valence-electron chi connectivity index (χ3n) is 4.33. The number of aldehydes is 1. The van der Waals surface area contributed by atoms with Gasteiger partial charge in [-0.15, -0.1) is 0 Å². The smallest absolute Gasteiger partial charge is 0.293 e. The highest BCUT2D eigenvalue weighted by atomic mass is 32.2. The summed E-state index contributed by atoms with van der Waals surface area (Å²) in [7, 11) is 0. The minimum atomic E-state index is -0.263. The maximum Gasteiger partial charge on any atom is 0.293 e. The number of amides is 2. The summed E-state index contributed by atoms with van der Waals surface area (Å²) < 4.78 is 0. The van der Waals surface area contributed by atoms with Gasteiger partial charge in [-0.25, -0.2) is 0 Å². The number of benzene rings is 2. The molecule has 29 heavy (non-hydrogen) atoms. The Hall–Kier alpha value is -3.18. The molecule has 3 rings (SSSR count). The largest absolute Gasteiger partial charge is 0.298 e. The van der Waals surface area contributed by atoms with Crippen molar-refractivity contribution in [3.05, 3.63) is 93.4 Å². The fourth-order valence-corrected chi connectivity index (χ4v) is 3.79. The summed E-state index contributed by atoms with van der Waals surface area (Å²) in [4.78, 5) is 37.3. The van der Waals surface area contributed by atoms with E-state index in [0.29, 0.717) is 10.5 Å². The minimum Gasteiger partial charge on any atom is -0.298 e. The lowest BCUT2D eigenvalue weighted by molar-refractivity contribution is -0.123. The van der Waals surface area contributed by atoms with Crippen LogP contribution in [0.15, 0.2) is 76.7 Å². The highest BCUT2D eigenvalue weighted by Gasteiger charge is 2.34. The molecular weight excluding hydrogens is 382 g/mol. The van der Waals surface area contributed by atoms with Crippen LogP contribution < -0.4 is 0 Å². The standard InChI is InChI=1S/C24H21NO3S/c1-17(12-19-8-10-20(11-9-19)13-18(2)16-26)14-22-23(27)25(24(28)29-22)15-21-6-4-3-5-7-21/h3-14,16H,15H2,1-2H3/b17-12+,18-13+,22-14-. The Kier molecular flexibility index (Phi) is 6.62. The van der Waals surface area contributed by atoms with Crippen LogP contribution in [-0.2, 0) is 16.1 Å². The van der Waals surface area contributed by atoms with Gasteiger partial charge < -0.3 is 0 Å². The van der Waals surface area contributed by atoms with Crippen LogP contribution in [0.2, 0.25) is 0 Å². The number of thioether (sulfide) groups is 1. The van der Waals surface area contributed by atoms with Crippen molar-refractivity contribution < 1.29 is 14.4 Å². The molecule has 4 nitrogen and oxygen atoms in total. The predicted octanol–water partition coefficient (Wildman–Crippen LogP) is 5.47. The molecule has 0 aromatic heterocycles. The molecule has 1 heterocycles. The number of rotatable bonds is 6. The molecule has 1 saturated heterocycles. The van der Waals surface area contributed by atoms with Gasteiger partial charge in [0.2, 0.25) is 0 Å². The molecule has 0 aliphatic carbocycles. The number of carbonyl (C=O) groups excluding carboxylic acids is 3. The van der Waals surface area contributed by atoms with Crippen LogP contribution in [0.4, 0.5) is 4.79 Å². The first-order valence-electron chi connectivity index (χ1n) is 9.17. The molecule has 0 radical (unpaired) electrons. The normalized spacial score (nSPS) is 16.6. The fraction of sp³-hybridized carbons (Fsp3) is 0.125. The van der Waals surface area contributed by atoms with Gasteiger partial charge in [0.15, 0.2) is 0 Å². The lowest BCUT2D eigenvalue weighted by atomic mass is 10.1. The second-order valence-corrected chi connectivity index (χ2v) is 7.81. The molecule has 5 heteroatoms. The Morgan fingerprint density at radius 3 is 2.07 bits per heavy atom. The quantitative estimate of drug-likeness (QED) is 0.474. The third kappa shape index (κ3) is 5.42. The molecule has 0 bridgehead atoms. The summed E-state index contributed by atoms with van der Waals surface area (Å²) in [6, 6.07) is 17.2. The van der Waals surface area contributed by atoms with E-state index >= 15 is 0 Å². The molecule has 1 aliphatic rings. The molecule has 0 atom stereocenters. The van der Waals surface area contributed by atoms with Crippen LogP contribution in [0.25, 0.3) is 12.2 Å². The number of allylic oxidation sites excluding steroid dienone is 3. The van der Waals surface area contributed by atoms with Gasteiger partial charge in [-0.1, -0.05) is 60.7 Å². The zero-order valence-electron chi connectivity index (χ0n) is 16.3. The molecule has 0 N–H and O–H groups in total. The first kappa shape index (κ1) is 20.6. The van der Waals surface area contributed by atoms with E-state index in [-0.39, 0.29) is 17.7 Å². The average molecular weight is 404 g/mol. The van der Waals surface area contributed by atoms with Crippen molar-refractivity contribution in [2.45, 2.75) is 20.4 Å². The van der Waals surface area contributed by atoms with E-state index in [4.69, 9.17) is 0 Å². The van der Waals surface area contributed by atoms with Crippen LogP contribution >= 0.6 is 11.8 Å². The van der Waals surface area contributed by atoms with Gasteiger partial charge in [0.1, 0.15) is 6.29 Å². The van der Waals surface area contributed by atoms with Crippen molar-refractivity contribution in [1.82, 2.24) is 4.90 Å². The van der Waals surface area contributed by atoms with Crippen molar-refractivity contribution in [3.63, 3.8) is 0 Å². The molecule has 0 saturated carbocycles. The van der Waals surface area contributed by atoms with Crippen molar-refractivity contribution in [1.29, 1.82) is 0 Å². The Morgan fingerprint density at radius 2 is 1.48 bits per heavy atom. The number of imide groups is 1. The van der Waals surface area contributed by atoms with Crippen molar-refractivity contribution >= 4 is 41.3 Å². The predicted molar refractivity (Wildman–Crippen MR) is 118 cm³/mol. The van der Waals surface area contributed by atoms with Gasteiger partial charge in [-0.05, 0) is 65.6 Å². The maximum absolute atomic E-state index is 12.6. The zero-order chi connectivity index (χ0) is 20.8. The Bertz CT molecular complexity index is 1020. The number of hydrogen-bond donors (Lipinski definition) is 0. The highest BCUT2D eigenvalue weighted by Crippen LogP contribution is 2.32. The molecule has 2 aromatic rings. The Balaban J connectivity index is 1.73. The van der Waals surface area contributed by atoms with Gasteiger partial charge in [0.05, 0.1) is 11.4 Å². The highest BCUT2D eigenvalue weighted by molar-refractivity contribution is 8.18. The van der Waals surface area contributed by atoms with Crippen LogP contribution in [0.3, 0.4) is 0 Å². The molecule has 1 aliphatic heterocycles. The van der Waals surface area contributed by atoms with Crippen molar-refractivity contribution in [2.75, 3.05) is 0 Å². The summed E-state index contributed by atoms with van der Waals surface area (Å²) >= 11 is 0.969. The Morgan fingerprint density at radius 1 is 0.897 bits per heavy atom. The molecule has 0 spiro atoms. The van der Waals surface area contributed by atoms with E-state index in [1.807, 2.05) is 73.7 Å². The summed E-state index contributed by atoms with van der Waals surface area (Å²) in [6.45, 7) is 3.94. The molecule has 2 amide bonds. The number of nitrogens with zero attached hydrogens (tertiary/aromatic N) is 1. The van der Waals surface area contributed by atoms with Crippen LogP contribution in [0.5, 0.6) is 0 Å². The SMILES string of the molecule is C/C(C=O)=C\c1ccc(/C=C(C)/C=C2\SC(=O)N(Cc3ccccc3)C2=O)cc1. The van der Waals surface area contributed by atoms with Crippen molar-refractivity contribution in [3.8, 4) is 0 Å². The second-order valence-electron chi connectivity index (χ2n) is 6.81. The summed E-state index contributed by atoms with van der Waals surface area (Å²) in [5, 5.41) is -0.250. The first-order chi connectivity index (χ1) is 14.0. The molecule has 1 fully saturated rings. The summed E-state index contributed by atoms with van der Waals surface area (Å²) in [5.74, 6) is -0.263. The lowest BCUT2D eigenvalue weighted by Gasteiger charge is -2.12. The Labute approximate surface area is 174 Å². The van der Waals surface area contributed by atoms with Crippen LogP contribution in [0, 0.1) is 0 Å². The summed E-state index contributed by atoms with van der Waals surface area (Å²) in [6.07, 6.45) is 6.34. The number of carbonyl (C=O) groups is 3. The number of hydrogen-bond acceptors (Lipinski definition) is 4. The molecule has 146 valence electrons. The first-order valence-corrected chi connectivity index (χ1v) is 9.99. The van der Waals surface area contributed by atoms with Gasteiger partial charge >= 0.3 is 0 Å². The van der Waals surface area contributed by atoms with Crippen LogP contribution in [-0.4, -0.2) is 22.3 Å². The molecule has 2 aromatic carbocycles. The van der Waals surface area contributed by atoms with Crippen molar-refractivity contribution in [2.24, 2.45) is 0 Å². The van der Waals surface area contributed by atoms with Crippen LogP contribution in [0.1, 0.15) is 30.5 Å². The fourth-order valence-electron chi connectivity index (χ4n) is 2.90. The van der Waals surface area contributed by atoms with E-state index in [0.717, 1.165) is 40.3 Å². The molecular formula is C24H21NO3S. The second kappa shape index (κ2) is 9.34. The van der Waals surface area contributed by atoms with Gasteiger partial charge in [-0.3, -0.25) is 19.3 Å². The molecule has 0 unspecified atom stereocenters. The van der Waals surface area contributed by atoms with E-state index in [2.05, 4.69) is 0 Å². The summed E-state index contributed by atoms with van der Waals surface area (Å²) in [5.41, 5.74) is 4.38.